The van der Waals surface area contributed by atoms with Crippen LogP contribution in [0.4, 0.5) is 4.39 Å². The van der Waals surface area contributed by atoms with Crippen LogP contribution in [0.15, 0.2) is 48.5 Å². The molecule has 18 heavy (non-hydrogen) atoms. The Balaban J connectivity index is 2.26. The molecule has 2 rings (SSSR count). The van der Waals surface area contributed by atoms with Gasteiger partial charge in [-0.3, -0.25) is 0 Å². The molecule has 2 N–H and O–H groups in total. The predicted molar refractivity (Wildman–Crippen MR) is 73.0 cm³/mol. The maximum atomic E-state index is 13.2. The van der Waals surface area contributed by atoms with Crippen LogP contribution in [0.2, 0.25) is 0 Å². The maximum Gasteiger partial charge on any atom is 0.123 e. The summed E-state index contributed by atoms with van der Waals surface area (Å²) in [5, 5.41) is 0. The maximum absolute atomic E-state index is 13.2. The predicted octanol–water partition coefficient (Wildman–Crippen LogP) is 4.00. The minimum absolute atomic E-state index is 0.248. The largest absolute Gasteiger partial charge is 0.320 e. The highest BCUT2D eigenvalue weighted by Gasteiger charge is 2.09. The fourth-order valence-corrected chi connectivity index (χ4v) is 1.98. The van der Waals surface area contributed by atoms with Crippen molar-refractivity contribution in [1.29, 1.82) is 0 Å². The van der Waals surface area contributed by atoms with Gasteiger partial charge in [0.25, 0.3) is 0 Å². The smallest absolute Gasteiger partial charge is 0.123 e. The third-order valence-electron chi connectivity index (χ3n) is 3.17. The average Bonchev–Trinajstić information content (AvgIpc) is 2.38. The molecule has 0 aliphatic rings. The Bertz CT molecular complexity index is 517. The lowest BCUT2D eigenvalue weighted by Crippen LogP contribution is -2.12. The molecule has 0 aromatic heterocycles. The summed E-state index contributed by atoms with van der Waals surface area (Å²) < 4.78 is 13.2. The van der Waals surface area contributed by atoms with E-state index in [0.717, 1.165) is 11.1 Å². The third kappa shape index (κ3) is 2.77. The van der Waals surface area contributed by atoms with Crippen molar-refractivity contribution in [2.75, 3.05) is 0 Å². The summed E-state index contributed by atoms with van der Waals surface area (Å²) in [6.45, 7) is 4.31. The van der Waals surface area contributed by atoms with E-state index in [0.29, 0.717) is 5.92 Å². The molecule has 0 saturated carbocycles. The Morgan fingerprint density at radius 3 is 2.06 bits per heavy atom. The summed E-state index contributed by atoms with van der Waals surface area (Å²) in [6.07, 6.45) is 0. The van der Waals surface area contributed by atoms with Crippen LogP contribution in [0.25, 0.3) is 0 Å². The van der Waals surface area contributed by atoms with Crippen LogP contribution in [-0.4, -0.2) is 0 Å². The molecular weight excluding hydrogens is 225 g/mol. The van der Waals surface area contributed by atoms with Crippen LogP contribution < -0.4 is 5.73 Å². The number of benzene rings is 2. The first-order valence-electron chi connectivity index (χ1n) is 6.19. The molecule has 2 heteroatoms. The van der Waals surface area contributed by atoms with Crippen LogP contribution >= 0.6 is 0 Å². The van der Waals surface area contributed by atoms with Crippen molar-refractivity contribution in [2.45, 2.75) is 25.8 Å². The van der Waals surface area contributed by atoms with Gasteiger partial charge in [0.2, 0.25) is 0 Å². The second-order valence-corrected chi connectivity index (χ2v) is 4.85. The van der Waals surface area contributed by atoms with Crippen molar-refractivity contribution in [3.63, 3.8) is 0 Å². The zero-order chi connectivity index (χ0) is 13.1. The first-order valence-corrected chi connectivity index (χ1v) is 6.19. The highest BCUT2D eigenvalue weighted by Crippen LogP contribution is 2.22. The van der Waals surface area contributed by atoms with E-state index in [2.05, 4.69) is 26.0 Å². The van der Waals surface area contributed by atoms with Crippen LogP contribution in [0.3, 0.4) is 0 Å². The van der Waals surface area contributed by atoms with E-state index < -0.39 is 0 Å². The standard InChI is InChI=1S/C16H18FN/c1-11(2)12-6-8-13(9-7-12)16(18)14-4-3-5-15(17)10-14/h3-11,16H,18H2,1-2H3. The monoisotopic (exact) mass is 243 g/mol. The molecular formula is C16H18FN. The molecule has 0 saturated heterocycles. The third-order valence-corrected chi connectivity index (χ3v) is 3.17. The molecule has 1 atom stereocenters. The molecule has 0 heterocycles. The summed E-state index contributed by atoms with van der Waals surface area (Å²) in [4.78, 5) is 0. The Kier molecular flexibility index (Phi) is 3.78. The Hall–Kier alpha value is -1.67. The van der Waals surface area contributed by atoms with E-state index in [-0.39, 0.29) is 11.9 Å². The number of nitrogens with two attached hydrogens (primary N) is 1. The molecule has 2 aromatic carbocycles. The molecule has 1 unspecified atom stereocenters. The second-order valence-electron chi connectivity index (χ2n) is 4.85. The summed E-state index contributed by atoms with van der Waals surface area (Å²) in [5.41, 5.74) is 9.23. The highest BCUT2D eigenvalue weighted by molar-refractivity contribution is 5.34. The SMILES string of the molecule is CC(C)c1ccc(C(N)c2cccc(F)c2)cc1. The minimum atomic E-state index is -0.276. The van der Waals surface area contributed by atoms with Gasteiger partial charge in [0.05, 0.1) is 6.04 Å². The van der Waals surface area contributed by atoms with Gasteiger partial charge in [-0.1, -0.05) is 50.2 Å². The molecule has 2 aromatic rings. The zero-order valence-corrected chi connectivity index (χ0v) is 10.7. The molecule has 0 aliphatic carbocycles. The van der Waals surface area contributed by atoms with Crippen LogP contribution in [0.1, 0.15) is 42.5 Å². The zero-order valence-electron chi connectivity index (χ0n) is 10.7. The van der Waals surface area contributed by atoms with Gasteiger partial charge in [-0.05, 0) is 34.7 Å². The number of hydrogen-bond donors (Lipinski definition) is 1. The molecule has 0 fully saturated rings. The Morgan fingerprint density at radius 1 is 0.889 bits per heavy atom. The van der Waals surface area contributed by atoms with E-state index in [9.17, 15) is 4.39 Å². The first-order chi connectivity index (χ1) is 8.58. The van der Waals surface area contributed by atoms with E-state index in [4.69, 9.17) is 5.73 Å². The molecule has 0 bridgehead atoms. The summed E-state index contributed by atoms with van der Waals surface area (Å²) in [7, 11) is 0. The van der Waals surface area contributed by atoms with Gasteiger partial charge in [0.15, 0.2) is 0 Å². The normalized spacial score (nSPS) is 12.7. The molecule has 0 amide bonds. The van der Waals surface area contributed by atoms with Gasteiger partial charge in [-0.2, -0.15) is 0 Å². The number of hydrogen-bond acceptors (Lipinski definition) is 1. The van der Waals surface area contributed by atoms with Gasteiger partial charge in [-0.15, -0.1) is 0 Å². The minimum Gasteiger partial charge on any atom is -0.320 e. The van der Waals surface area contributed by atoms with Gasteiger partial charge in [0, 0.05) is 0 Å². The van der Waals surface area contributed by atoms with Crippen molar-refractivity contribution in [2.24, 2.45) is 5.73 Å². The molecule has 0 radical (unpaired) electrons. The summed E-state index contributed by atoms with van der Waals surface area (Å²) >= 11 is 0. The highest BCUT2D eigenvalue weighted by atomic mass is 19.1. The Labute approximate surface area is 107 Å². The van der Waals surface area contributed by atoms with Gasteiger partial charge in [0.1, 0.15) is 5.82 Å². The van der Waals surface area contributed by atoms with E-state index in [1.807, 2.05) is 18.2 Å². The lowest BCUT2D eigenvalue weighted by molar-refractivity contribution is 0.623. The lowest BCUT2D eigenvalue weighted by atomic mass is 9.96. The number of rotatable bonds is 3. The molecule has 1 nitrogen and oxygen atoms in total. The van der Waals surface area contributed by atoms with Crippen molar-refractivity contribution in [1.82, 2.24) is 0 Å². The van der Waals surface area contributed by atoms with Crippen molar-refractivity contribution < 1.29 is 4.39 Å². The van der Waals surface area contributed by atoms with E-state index in [1.165, 1.54) is 17.7 Å². The lowest BCUT2D eigenvalue weighted by Gasteiger charge is -2.14. The van der Waals surface area contributed by atoms with Crippen molar-refractivity contribution in [3.05, 3.63) is 71.0 Å². The topological polar surface area (TPSA) is 26.0 Å². The van der Waals surface area contributed by atoms with Gasteiger partial charge < -0.3 is 5.73 Å². The summed E-state index contributed by atoms with van der Waals surface area (Å²) in [6, 6.07) is 14.4. The summed E-state index contributed by atoms with van der Waals surface area (Å²) in [5.74, 6) is 0.256. The quantitative estimate of drug-likeness (QED) is 0.866. The van der Waals surface area contributed by atoms with E-state index in [1.54, 1.807) is 6.07 Å². The fraction of sp³-hybridized carbons (Fsp3) is 0.250. The van der Waals surface area contributed by atoms with E-state index >= 15 is 0 Å². The Morgan fingerprint density at radius 2 is 1.50 bits per heavy atom. The van der Waals surface area contributed by atoms with Gasteiger partial charge >= 0.3 is 0 Å². The second kappa shape index (κ2) is 5.32. The van der Waals surface area contributed by atoms with Gasteiger partial charge in [-0.25, -0.2) is 4.39 Å². The molecule has 94 valence electrons. The van der Waals surface area contributed by atoms with Crippen LogP contribution in [-0.2, 0) is 0 Å². The molecule has 0 spiro atoms. The fourth-order valence-electron chi connectivity index (χ4n) is 1.98. The van der Waals surface area contributed by atoms with Crippen molar-refractivity contribution in [3.8, 4) is 0 Å². The molecule has 0 aliphatic heterocycles. The van der Waals surface area contributed by atoms with Crippen LogP contribution in [0.5, 0.6) is 0 Å². The first kappa shape index (κ1) is 12.8. The van der Waals surface area contributed by atoms with Crippen LogP contribution in [0, 0.1) is 5.82 Å². The number of halogens is 1. The van der Waals surface area contributed by atoms with Crippen molar-refractivity contribution >= 4 is 0 Å². The average molecular weight is 243 g/mol.